The highest BCUT2D eigenvalue weighted by Crippen LogP contribution is 2.62. The van der Waals surface area contributed by atoms with Crippen LogP contribution in [0.4, 0.5) is 5.82 Å². The van der Waals surface area contributed by atoms with E-state index in [9.17, 15) is 9.90 Å². The first-order chi connectivity index (χ1) is 11.8. The van der Waals surface area contributed by atoms with Crippen LogP contribution in [0.2, 0.25) is 0 Å². The second kappa shape index (κ2) is 5.83. The van der Waals surface area contributed by atoms with Crippen LogP contribution in [-0.2, 0) is 4.79 Å². The molecule has 3 atom stereocenters. The second-order valence-electron chi connectivity index (χ2n) is 9.56. The Bertz CT molecular complexity index is 652. The van der Waals surface area contributed by atoms with E-state index in [0.717, 1.165) is 37.9 Å². The third-order valence-corrected chi connectivity index (χ3v) is 6.98. The summed E-state index contributed by atoms with van der Waals surface area (Å²) in [6.45, 7) is 6.45. The fourth-order valence-corrected chi connectivity index (χ4v) is 6.16. The first-order valence-electron chi connectivity index (χ1n) is 9.83. The fourth-order valence-electron chi connectivity index (χ4n) is 6.16. The quantitative estimate of drug-likeness (QED) is 0.854. The maximum absolute atomic E-state index is 12.8. The third kappa shape index (κ3) is 3.12. The van der Waals surface area contributed by atoms with Crippen molar-refractivity contribution in [2.24, 2.45) is 23.2 Å². The zero-order valence-corrected chi connectivity index (χ0v) is 15.7. The van der Waals surface area contributed by atoms with Gasteiger partial charge in [0.25, 0.3) is 0 Å². The molecule has 25 heavy (non-hydrogen) atoms. The van der Waals surface area contributed by atoms with Crippen molar-refractivity contribution in [3.63, 3.8) is 0 Å². The lowest BCUT2D eigenvalue weighted by Gasteiger charge is -2.60. The summed E-state index contributed by atoms with van der Waals surface area (Å²) in [6, 6.07) is 2.12. The van der Waals surface area contributed by atoms with Crippen LogP contribution in [0.5, 0.6) is 0 Å². The Kier molecular flexibility index (Phi) is 3.98. The fraction of sp³-hybridized carbons (Fsp3) is 0.800. The lowest BCUT2D eigenvalue weighted by Crippen LogP contribution is -2.56. The van der Waals surface area contributed by atoms with Crippen molar-refractivity contribution >= 4 is 11.7 Å². The number of hydrogen-bond donors (Lipinski definition) is 2. The summed E-state index contributed by atoms with van der Waals surface area (Å²) in [5, 5.41) is 18.4. The molecule has 4 fully saturated rings. The number of aliphatic hydroxyl groups is 1. The number of anilines is 1. The van der Waals surface area contributed by atoms with Crippen LogP contribution in [0, 0.1) is 23.2 Å². The van der Waals surface area contributed by atoms with Crippen molar-refractivity contribution in [3.05, 3.63) is 12.3 Å². The summed E-state index contributed by atoms with van der Waals surface area (Å²) in [5.74, 6) is 2.54. The molecule has 0 saturated heterocycles. The molecule has 0 spiro atoms. The van der Waals surface area contributed by atoms with E-state index in [1.165, 1.54) is 6.42 Å². The summed E-state index contributed by atoms with van der Waals surface area (Å²) < 4.78 is 1.91. The molecule has 5 rings (SSSR count). The van der Waals surface area contributed by atoms with Gasteiger partial charge in [0.05, 0.1) is 17.8 Å². The molecule has 2 N–H and O–H groups in total. The highest BCUT2D eigenvalue weighted by atomic mass is 16.3. The molecule has 0 aliphatic heterocycles. The van der Waals surface area contributed by atoms with Gasteiger partial charge >= 0.3 is 0 Å². The molecule has 4 saturated carbocycles. The standard InChI is InChI=1S/C20H31N3O2/c1-13(2)14(3)23-17(4-5-21-23)22-18(24)11-19-7-15-6-16(8-19)10-20(25,9-15)12-19/h4-5,13-16,25H,6-12H2,1-3H3,(H,22,24)/t14-,15+,16+,19?,20?/m0/s1. The number of nitrogens with zero attached hydrogens (tertiary/aromatic N) is 2. The van der Waals surface area contributed by atoms with Crippen LogP contribution in [-0.4, -0.2) is 26.4 Å². The topological polar surface area (TPSA) is 67.2 Å². The van der Waals surface area contributed by atoms with Crippen molar-refractivity contribution in [1.82, 2.24) is 9.78 Å². The Hall–Kier alpha value is -1.36. The monoisotopic (exact) mass is 345 g/mol. The van der Waals surface area contributed by atoms with E-state index >= 15 is 0 Å². The summed E-state index contributed by atoms with van der Waals surface area (Å²) in [4.78, 5) is 12.8. The van der Waals surface area contributed by atoms with Crippen LogP contribution < -0.4 is 5.32 Å². The number of amides is 1. The highest BCUT2D eigenvalue weighted by molar-refractivity contribution is 5.90. The molecule has 5 heteroatoms. The van der Waals surface area contributed by atoms with Crippen molar-refractivity contribution in [2.45, 2.75) is 77.4 Å². The van der Waals surface area contributed by atoms with Gasteiger partial charge in [-0.2, -0.15) is 5.10 Å². The van der Waals surface area contributed by atoms with Crippen molar-refractivity contribution in [1.29, 1.82) is 0 Å². The highest BCUT2D eigenvalue weighted by Gasteiger charge is 2.57. The van der Waals surface area contributed by atoms with E-state index < -0.39 is 5.60 Å². The van der Waals surface area contributed by atoms with Crippen molar-refractivity contribution in [2.75, 3.05) is 5.32 Å². The SMILES string of the molecule is CC(C)[C@H](C)n1nccc1NC(=O)CC12C[C@H]3C[C@@H](CC(O)(C3)C1)C2. The molecule has 138 valence electrons. The van der Waals surface area contributed by atoms with E-state index in [2.05, 4.69) is 31.2 Å². The Morgan fingerprint density at radius 3 is 2.60 bits per heavy atom. The van der Waals surface area contributed by atoms with Crippen molar-refractivity contribution < 1.29 is 9.90 Å². The molecule has 4 aliphatic carbocycles. The summed E-state index contributed by atoms with van der Waals surface area (Å²) >= 11 is 0. The Labute approximate surface area is 150 Å². The van der Waals surface area contributed by atoms with Crippen LogP contribution in [0.15, 0.2) is 12.3 Å². The predicted molar refractivity (Wildman–Crippen MR) is 97.1 cm³/mol. The van der Waals surface area contributed by atoms with E-state index in [0.29, 0.717) is 24.2 Å². The first kappa shape index (κ1) is 17.1. The van der Waals surface area contributed by atoms with Gasteiger partial charge in [0.2, 0.25) is 5.91 Å². The summed E-state index contributed by atoms with van der Waals surface area (Å²) in [6.07, 6.45) is 8.47. The van der Waals surface area contributed by atoms with Crippen LogP contribution in [0.3, 0.4) is 0 Å². The molecular weight excluding hydrogens is 314 g/mol. The predicted octanol–water partition coefficient (Wildman–Crippen LogP) is 3.76. The van der Waals surface area contributed by atoms with Crippen LogP contribution in [0.25, 0.3) is 0 Å². The van der Waals surface area contributed by atoms with Gasteiger partial charge in [-0.25, -0.2) is 4.68 Å². The Morgan fingerprint density at radius 1 is 1.32 bits per heavy atom. The minimum atomic E-state index is -0.502. The maximum atomic E-state index is 12.8. The normalized spacial score (nSPS) is 37.5. The van der Waals surface area contributed by atoms with Gasteiger partial charge in [-0.1, -0.05) is 13.8 Å². The number of rotatable bonds is 5. The molecule has 0 aromatic carbocycles. The largest absolute Gasteiger partial charge is 0.390 e. The summed E-state index contributed by atoms with van der Waals surface area (Å²) in [5.41, 5.74) is -0.490. The average molecular weight is 345 g/mol. The number of carbonyl (C=O) groups excluding carboxylic acids is 1. The lowest BCUT2D eigenvalue weighted by molar-refractivity contribution is -0.167. The van der Waals surface area contributed by atoms with Crippen LogP contribution >= 0.6 is 0 Å². The van der Waals surface area contributed by atoms with Gasteiger partial charge in [0.15, 0.2) is 0 Å². The van der Waals surface area contributed by atoms with Gasteiger partial charge in [0, 0.05) is 12.5 Å². The molecule has 4 aliphatic rings. The molecule has 0 radical (unpaired) electrons. The van der Waals surface area contributed by atoms with E-state index in [-0.39, 0.29) is 17.4 Å². The molecule has 1 aromatic heterocycles. The smallest absolute Gasteiger partial charge is 0.226 e. The second-order valence-corrected chi connectivity index (χ2v) is 9.56. The van der Waals surface area contributed by atoms with Crippen molar-refractivity contribution in [3.8, 4) is 0 Å². The van der Waals surface area contributed by atoms with E-state index in [4.69, 9.17) is 0 Å². The van der Waals surface area contributed by atoms with Gasteiger partial charge in [0.1, 0.15) is 5.82 Å². The van der Waals surface area contributed by atoms with Crippen LogP contribution in [0.1, 0.15) is 71.8 Å². The third-order valence-electron chi connectivity index (χ3n) is 6.98. The molecule has 4 bridgehead atoms. The number of carbonyl (C=O) groups is 1. The average Bonchev–Trinajstić information content (AvgIpc) is 2.90. The molecule has 1 aromatic rings. The van der Waals surface area contributed by atoms with Gasteiger partial charge in [-0.15, -0.1) is 0 Å². The number of aromatic nitrogens is 2. The number of hydrogen-bond acceptors (Lipinski definition) is 3. The Morgan fingerprint density at radius 2 is 2.00 bits per heavy atom. The molecular formula is C20H31N3O2. The summed E-state index contributed by atoms with van der Waals surface area (Å²) in [7, 11) is 0. The van der Waals surface area contributed by atoms with Gasteiger partial charge in [-0.05, 0) is 68.6 Å². The van der Waals surface area contributed by atoms with Gasteiger partial charge in [-0.3, -0.25) is 4.79 Å². The minimum Gasteiger partial charge on any atom is -0.390 e. The maximum Gasteiger partial charge on any atom is 0.226 e. The van der Waals surface area contributed by atoms with E-state index in [1.54, 1.807) is 6.20 Å². The van der Waals surface area contributed by atoms with Gasteiger partial charge < -0.3 is 10.4 Å². The van der Waals surface area contributed by atoms with E-state index in [1.807, 2.05) is 10.7 Å². The minimum absolute atomic E-state index is 0.0113. The molecule has 5 nitrogen and oxygen atoms in total. The molecule has 1 heterocycles. The number of nitrogens with one attached hydrogen (secondary N) is 1. The Balaban J connectivity index is 1.46. The first-order valence-corrected chi connectivity index (χ1v) is 9.83. The molecule has 1 amide bonds. The zero-order chi connectivity index (χ0) is 17.8. The lowest BCUT2D eigenvalue weighted by atomic mass is 9.47. The molecule has 0 unspecified atom stereocenters. The zero-order valence-electron chi connectivity index (χ0n) is 15.7.